The van der Waals surface area contributed by atoms with Crippen LogP contribution in [0, 0.1) is 0 Å². The summed E-state index contributed by atoms with van der Waals surface area (Å²) in [6.07, 6.45) is 2.82. The molecular formula is C12H17NO. The van der Waals surface area contributed by atoms with Gasteiger partial charge in [0.05, 0.1) is 0 Å². The van der Waals surface area contributed by atoms with Crippen LogP contribution in [-0.2, 0) is 0 Å². The van der Waals surface area contributed by atoms with Gasteiger partial charge < -0.3 is 10.1 Å². The second kappa shape index (κ2) is 6.22. The molecule has 0 heterocycles. The van der Waals surface area contributed by atoms with Gasteiger partial charge in [-0.15, -0.1) is 6.58 Å². The highest BCUT2D eigenvalue weighted by Gasteiger charge is 2.03. The molecule has 0 bridgehead atoms. The van der Waals surface area contributed by atoms with Crippen LogP contribution in [0.25, 0.3) is 0 Å². The van der Waals surface area contributed by atoms with Gasteiger partial charge in [0.15, 0.2) is 0 Å². The molecule has 0 radical (unpaired) electrons. The Hall–Kier alpha value is -1.28. The van der Waals surface area contributed by atoms with E-state index in [0.717, 1.165) is 12.2 Å². The van der Waals surface area contributed by atoms with Crippen molar-refractivity contribution in [3.63, 3.8) is 0 Å². The van der Waals surface area contributed by atoms with E-state index < -0.39 is 0 Å². The normalized spacial score (nSPS) is 12.1. The minimum Gasteiger partial charge on any atom is -0.492 e. The van der Waals surface area contributed by atoms with E-state index in [1.165, 1.54) is 0 Å². The molecule has 14 heavy (non-hydrogen) atoms. The van der Waals surface area contributed by atoms with Gasteiger partial charge in [-0.3, -0.25) is 0 Å². The van der Waals surface area contributed by atoms with Crippen LogP contribution in [0.2, 0.25) is 0 Å². The number of para-hydroxylation sites is 1. The highest BCUT2D eigenvalue weighted by molar-refractivity contribution is 5.20. The highest BCUT2D eigenvalue weighted by atomic mass is 16.5. The lowest BCUT2D eigenvalue weighted by Crippen LogP contribution is -2.31. The van der Waals surface area contributed by atoms with Gasteiger partial charge in [-0.1, -0.05) is 24.3 Å². The lowest BCUT2D eigenvalue weighted by molar-refractivity contribution is 0.271. The number of hydrogen-bond donors (Lipinski definition) is 1. The average molecular weight is 191 g/mol. The number of benzene rings is 1. The van der Waals surface area contributed by atoms with Gasteiger partial charge in [-0.2, -0.15) is 0 Å². The predicted molar refractivity (Wildman–Crippen MR) is 59.6 cm³/mol. The molecule has 1 aromatic carbocycles. The molecule has 0 saturated carbocycles. The Bertz CT molecular complexity index is 258. The standard InChI is InChI=1S/C12H17NO/c1-3-7-11(13-2)10-14-12-8-5-4-6-9-12/h3-6,8-9,11,13H,1,7,10H2,2H3. The van der Waals surface area contributed by atoms with Gasteiger partial charge in [0.2, 0.25) is 0 Å². The van der Waals surface area contributed by atoms with E-state index in [0.29, 0.717) is 12.6 Å². The maximum Gasteiger partial charge on any atom is 0.119 e. The summed E-state index contributed by atoms with van der Waals surface area (Å²) in [4.78, 5) is 0. The summed E-state index contributed by atoms with van der Waals surface area (Å²) in [6, 6.07) is 10.2. The third-order valence-corrected chi connectivity index (χ3v) is 2.05. The van der Waals surface area contributed by atoms with Crippen molar-refractivity contribution in [2.75, 3.05) is 13.7 Å². The molecule has 0 aliphatic heterocycles. The highest BCUT2D eigenvalue weighted by Crippen LogP contribution is 2.08. The topological polar surface area (TPSA) is 21.3 Å². The van der Waals surface area contributed by atoms with Crippen molar-refractivity contribution in [2.45, 2.75) is 12.5 Å². The van der Waals surface area contributed by atoms with Crippen LogP contribution in [0.3, 0.4) is 0 Å². The van der Waals surface area contributed by atoms with Crippen LogP contribution in [0.15, 0.2) is 43.0 Å². The molecule has 1 rings (SSSR count). The van der Waals surface area contributed by atoms with Crippen molar-refractivity contribution in [1.82, 2.24) is 5.32 Å². The smallest absolute Gasteiger partial charge is 0.119 e. The van der Waals surface area contributed by atoms with Crippen LogP contribution in [-0.4, -0.2) is 19.7 Å². The monoisotopic (exact) mass is 191 g/mol. The van der Waals surface area contributed by atoms with Crippen LogP contribution in [0.1, 0.15) is 6.42 Å². The lowest BCUT2D eigenvalue weighted by atomic mass is 10.2. The van der Waals surface area contributed by atoms with E-state index in [9.17, 15) is 0 Å². The minimum atomic E-state index is 0.340. The molecule has 2 nitrogen and oxygen atoms in total. The molecule has 1 atom stereocenters. The number of rotatable bonds is 6. The Labute approximate surface area is 85.6 Å². The fourth-order valence-electron chi connectivity index (χ4n) is 1.18. The van der Waals surface area contributed by atoms with E-state index in [-0.39, 0.29) is 0 Å². The van der Waals surface area contributed by atoms with E-state index in [2.05, 4.69) is 11.9 Å². The third-order valence-electron chi connectivity index (χ3n) is 2.05. The van der Waals surface area contributed by atoms with Crippen molar-refractivity contribution in [3.05, 3.63) is 43.0 Å². The van der Waals surface area contributed by atoms with Gasteiger partial charge in [0.1, 0.15) is 12.4 Å². The molecule has 0 spiro atoms. The molecule has 1 aromatic rings. The van der Waals surface area contributed by atoms with Crippen LogP contribution in [0.4, 0.5) is 0 Å². The molecular weight excluding hydrogens is 174 g/mol. The first-order chi connectivity index (χ1) is 6.86. The Balaban J connectivity index is 2.35. The summed E-state index contributed by atoms with van der Waals surface area (Å²) in [5.74, 6) is 0.914. The zero-order valence-electron chi connectivity index (χ0n) is 8.57. The SMILES string of the molecule is C=CCC(COc1ccccc1)NC. The molecule has 0 saturated heterocycles. The van der Waals surface area contributed by atoms with E-state index in [1.54, 1.807) is 0 Å². The van der Waals surface area contributed by atoms with Gasteiger partial charge in [0.25, 0.3) is 0 Å². The van der Waals surface area contributed by atoms with E-state index in [4.69, 9.17) is 4.74 Å². The summed E-state index contributed by atoms with van der Waals surface area (Å²) in [5, 5.41) is 3.18. The summed E-state index contributed by atoms with van der Waals surface area (Å²) in [7, 11) is 1.93. The molecule has 1 N–H and O–H groups in total. The number of hydrogen-bond acceptors (Lipinski definition) is 2. The lowest BCUT2D eigenvalue weighted by Gasteiger charge is -2.14. The third kappa shape index (κ3) is 3.62. The second-order valence-electron chi connectivity index (χ2n) is 3.13. The molecule has 2 heteroatoms. The van der Waals surface area contributed by atoms with Crippen LogP contribution < -0.4 is 10.1 Å². The Morgan fingerprint density at radius 3 is 2.71 bits per heavy atom. The van der Waals surface area contributed by atoms with Gasteiger partial charge in [-0.25, -0.2) is 0 Å². The first-order valence-electron chi connectivity index (χ1n) is 4.83. The van der Waals surface area contributed by atoms with Crippen molar-refractivity contribution in [1.29, 1.82) is 0 Å². The zero-order chi connectivity index (χ0) is 10.2. The first kappa shape index (κ1) is 10.8. The van der Waals surface area contributed by atoms with Crippen molar-refractivity contribution < 1.29 is 4.74 Å². The van der Waals surface area contributed by atoms with Crippen molar-refractivity contribution in [3.8, 4) is 5.75 Å². The molecule has 0 aromatic heterocycles. The molecule has 0 aliphatic rings. The molecule has 76 valence electrons. The summed E-state index contributed by atoms with van der Waals surface area (Å²) < 4.78 is 5.60. The molecule has 0 fully saturated rings. The van der Waals surface area contributed by atoms with E-state index >= 15 is 0 Å². The summed E-state index contributed by atoms with van der Waals surface area (Å²) in [6.45, 7) is 4.38. The van der Waals surface area contributed by atoms with Gasteiger partial charge >= 0.3 is 0 Å². The first-order valence-corrected chi connectivity index (χ1v) is 4.83. The predicted octanol–water partition coefficient (Wildman–Crippen LogP) is 2.23. The zero-order valence-corrected chi connectivity index (χ0v) is 8.57. The maximum atomic E-state index is 5.60. The largest absolute Gasteiger partial charge is 0.492 e. The average Bonchev–Trinajstić information content (AvgIpc) is 2.25. The fourth-order valence-corrected chi connectivity index (χ4v) is 1.18. The van der Waals surface area contributed by atoms with Crippen LogP contribution in [0.5, 0.6) is 5.75 Å². The summed E-state index contributed by atoms with van der Waals surface area (Å²) >= 11 is 0. The number of nitrogens with one attached hydrogen (secondary N) is 1. The van der Waals surface area contributed by atoms with E-state index in [1.807, 2.05) is 43.5 Å². The summed E-state index contributed by atoms with van der Waals surface area (Å²) in [5.41, 5.74) is 0. The number of ether oxygens (including phenoxy) is 1. The van der Waals surface area contributed by atoms with Crippen LogP contribution >= 0.6 is 0 Å². The minimum absolute atomic E-state index is 0.340. The molecule has 1 unspecified atom stereocenters. The quantitative estimate of drug-likeness (QED) is 0.696. The van der Waals surface area contributed by atoms with Gasteiger partial charge in [-0.05, 0) is 25.6 Å². The maximum absolute atomic E-state index is 5.60. The van der Waals surface area contributed by atoms with Crippen molar-refractivity contribution >= 4 is 0 Å². The Kier molecular flexibility index (Phi) is 4.79. The Morgan fingerprint density at radius 1 is 1.43 bits per heavy atom. The fraction of sp³-hybridized carbons (Fsp3) is 0.333. The van der Waals surface area contributed by atoms with Gasteiger partial charge in [0, 0.05) is 6.04 Å². The second-order valence-corrected chi connectivity index (χ2v) is 3.13. The van der Waals surface area contributed by atoms with Crippen molar-refractivity contribution in [2.24, 2.45) is 0 Å². The molecule has 0 aliphatic carbocycles. The number of likely N-dealkylation sites (N-methyl/N-ethyl adjacent to an activating group) is 1. The molecule has 0 amide bonds. The Morgan fingerprint density at radius 2 is 2.14 bits per heavy atom.